The Bertz CT molecular complexity index is 784. The second-order valence-corrected chi connectivity index (χ2v) is 8.66. The fourth-order valence-corrected chi connectivity index (χ4v) is 4.67. The molecular weight excluding hydrogens is 388 g/mol. The molecule has 0 bridgehead atoms. The lowest BCUT2D eigenvalue weighted by atomic mass is 10.2. The molecule has 10 heteroatoms. The summed E-state index contributed by atoms with van der Waals surface area (Å²) in [6.45, 7) is 5.93. The van der Waals surface area contributed by atoms with Crippen LogP contribution in [0.3, 0.4) is 0 Å². The first-order valence-electron chi connectivity index (χ1n) is 9.45. The molecule has 1 aromatic carbocycles. The van der Waals surface area contributed by atoms with E-state index < -0.39 is 21.7 Å². The Morgan fingerprint density at radius 1 is 1.32 bits per heavy atom. The number of benzene rings is 1. The average molecular weight is 418 g/mol. The second kappa shape index (κ2) is 10.0. The van der Waals surface area contributed by atoms with Crippen LogP contribution in [-0.4, -0.2) is 70.2 Å². The molecule has 1 saturated heterocycles. The third-order valence-electron chi connectivity index (χ3n) is 4.75. The molecule has 1 heterocycles. The molecule has 0 saturated carbocycles. The Hall–Kier alpha value is -1.94. The Morgan fingerprint density at radius 2 is 2.04 bits per heavy atom. The lowest BCUT2D eigenvalue weighted by molar-refractivity contribution is 0.445. The summed E-state index contributed by atoms with van der Waals surface area (Å²) in [5.41, 5.74) is 0.374. The Labute approximate surface area is 165 Å². The summed E-state index contributed by atoms with van der Waals surface area (Å²) in [4.78, 5) is 5.98. The number of nitrogens with zero attached hydrogens (tertiary/aromatic N) is 3. The molecule has 2 rings (SSSR count). The first-order chi connectivity index (χ1) is 13.3. The van der Waals surface area contributed by atoms with E-state index in [1.165, 1.54) is 16.4 Å². The van der Waals surface area contributed by atoms with E-state index in [0.717, 1.165) is 12.5 Å². The molecule has 28 heavy (non-hydrogen) atoms. The molecule has 1 aliphatic heterocycles. The Morgan fingerprint density at radius 3 is 2.64 bits per heavy atom. The summed E-state index contributed by atoms with van der Waals surface area (Å²) in [7, 11) is -1.69. The van der Waals surface area contributed by atoms with Gasteiger partial charge in [-0.25, -0.2) is 21.5 Å². The lowest BCUT2D eigenvalue weighted by Gasteiger charge is -2.21. The van der Waals surface area contributed by atoms with Crippen molar-refractivity contribution < 1.29 is 17.2 Å². The molecular formula is C18H29F2N5O2S. The number of hydrogen-bond acceptors (Lipinski definition) is 4. The van der Waals surface area contributed by atoms with Crippen molar-refractivity contribution in [3.05, 3.63) is 29.8 Å². The largest absolute Gasteiger partial charge is 0.367 e. The highest BCUT2D eigenvalue weighted by atomic mass is 32.2. The van der Waals surface area contributed by atoms with Gasteiger partial charge in [0.1, 0.15) is 11.6 Å². The van der Waals surface area contributed by atoms with Gasteiger partial charge in [0.15, 0.2) is 5.96 Å². The van der Waals surface area contributed by atoms with Gasteiger partial charge in [0.05, 0.1) is 11.4 Å². The van der Waals surface area contributed by atoms with Crippen molar-refractivity contribution in [2.24, 2.45) is 4.99 Å². The summed E-state index contributed by atoms with van der Waals surface area (Å²) in [6, 6.07) is 3.59. The van der Waals surface area contributed by atoms with Crippen LogP contribution in [0.4, 0.5) is 14.5 Å². The molecule has 2 N–H and O–H groups in total. The van der Waals surface area contributed by atoms with Gasteiger partial charge in [0.2, 0.25) is 10.0 Å². The van der Waals surface area contributed by atoms with Crippen molar-refractivity contribution in [2.45, 2.75) is 26.3 Å². The van der Waals surface area contributed by atoms with Gasteiger partial charge in [-0.2, -0.15) is 0 Å². The molecule has 0 aliphatic carbocycles. The van der Waals surface area contributed by atoms with Crippen LogP contribution in [0, 0.1) is 11.6 Å². The van der Waals surface area contributed by atoms with Crippen LogP contribution >= 0.6 is 0 Å². The summed E-state index contributed by atoms with van der Waals surface area (Å²) >= 11 is 0. The van der Waals surface area contributed by atoms with E-state index in [2.05, 4.69) is 15.6 Å². The lowest BCUT2D eigenvalue weighted by Crippen LogP contribution is -2.46. The van der Waals surface area contributed by atoms with E-state index in [1.54, 1.807) is 7.05 Å². The molecule has 1 unspecified atom stereocenters. The number of hydrogen-bond donors (Lipinski definition) is 2. The maximum absolute atomic E-state index is 14.0. The zero-order valence-corrected chi connectivity index (χ0v) is 17.4. The van der Waals surface area contributed by atoms with Gasteiger partial charge in [-0.15, -0.1) is 0 Å². The zero-order chi connectivity index (χ0) is 20.7. The standard InChI is InChI=1S/C18H29F2N5O2S/c1-4-25(5-2)28(26,27)11-9-22-18(21-3)23-15-8-10-24(13-15)17-7-6-14(19)12-16(17)20/h6-7,12,15H,4-5,8-11,13H2,1-3H3,(H2,21,22,23). The highest BCUT2D eigenvalue weighted by molar-refractivity contribution is 7.89. The van der Waals surface area contributed by atoms with Gasteiger partial charge >= 0.3 is 0 Å². The maximum atomic E-state index is 14.0. The summed E-state index contributed by atoms with van der Waals surface area (Å²) in [6.07, 6.45) is 0.759. The molecule has 0 radical (unpaired) electrons. The van der Waals surface area contributed by atoms with Crippen molar-refractivity contribution in [2.75, 3.05) is 50.4 Å². The van der Waals surface area contributed by atoms with Crippen LogP contribution in [0.5, 0.6) is 0 Å². The maximum Gasteiger partial charge on any atom is 0.215 e. The molecule has 0 amide bonds. The van der Waals surface area contributed by atoms with E-state index in [-0.39, 0.29) is 18.3 Å². The summed E-state index contributed by atoms with van der Waals surface area (Å²) in [5.74, 6) is -0.696. The Balaban J connectivity index is 1.85. The van der Waals surface area contributed by atoms with Gasteiger partial charge in [-0.3, -0.25) is 4.99 Å². The van der Waals surface area contributed by atoms with Crippen LogP contribution in [-0.2, 0) is 10.0 Å². The van der Waals surface area contributed by atoms with Gasteiger partial charge in [-0.05, 0) is 18.6 Å². The molecule has 158 valence electrons. The van der Waals surface area contributed by atoms with Gasteiger partial charge in [0, 0.05) is 51.9 Å². The van der Waals surface area contributed by atoms with Crippen molar-refractivity contribution >= 4 is 21.7 Å². The minimum absolute atomic E-state index is 0.0209. The predicted molar refractivity (Wildman–Crippen MR) is 108 cm³/mol. The van der Waals surface area contributed by atoms with Crippen LogP contribution in [0.1, 0.15) is 20.3 Å². The van der Waals surface area contributed by atoms with E-state index in [4.69, 9.17) is 0 Å². The van der Waals surface area contributed by atoms with Gasteiger partial charge in [0.25, 0.3) is 0 Å². The fourth-order valence-electron chi connectivity index (χ4n) is 3.27. The molecule has 0 spiro atoms. The first-order valence-corrected chi connectivity index (χ1v) is 11.1. The number of rotatable bonds is 8. The van der Waals surface area contributed by atoms with Crippen molar-refractivity contribution in [3.63, 3.8) is 0 Å². The number of halogens is 2. The van der Waals surface area contributed by atoms with E-state index in [0.29, 0.717) is 37.8 Å². The molecule has 0 aromatic heterocycles. The van der Waals surface area contributed by atoms with Crippen molar-refractivity contribution in [3.8, 4) is 0 Å². The predicted octanol–water partition coefficient (Wildman–Crippen LogP) is 1.38. The normalized spacial score (nSPS) is 18.0. The van der Waals surface area contributed by atoms with E-state index in [1.807, 2.05) is 18.7 Å². The first kappa shape index (κ1) is 22.4. The second-order valence-electron chi connectivity index (χ2n) is 6.57. The SMILES string of the molecule is CCN(CC)S(=O)(=O)CCNC(=NC)NC1CCN(c2ccc(F)cc2F)C1. The van der Waals surface area contributed by atoms with E-state index in [9.17, 15) is 17.2 Å². The molecule has 1 aliphatic rings. The smallest absolute Gasteiger partial charge is 0.215 e. The van der Waals surface area contributed by atoms with Crippen LogP contribution in [0.15, 0.2) is 23.2 Å². The van der Waals surface area contributed by atoms with Crippen molar-refractivity contribution in [1.29, 1.82) is 0 Å². The molecule has 7 nitrogen and oxygen atoms in total. The quantitative estimate of drug-likeness (QED) is 0.494. The zero-order valence-electron chi connectivity index (χ0n) is 16.6. The number of anilines is 1. The molecule has 1 fully saturated rings. The third-order valence-corrected chi connectivity index (χ3v) is 6.78. The number of guanidine groups is 1. The van der Waals surface area contributed by atoms with Crippen LogP contribution < -0.4 is 15.5 Å². The van der Waals surface area contributed by atoms with Crippen molar-refractivity contribution in [1.82, 2.24) is 14.9 Å². The van der Waals surface area contributed by atoms with Crippen LogP contribution in [0.25, 0.3) is 0 Å². The van der Waals surface area contributed by atoms with Crippen LogP contribution in [0.2, 0.25) is 0 Å². The number of nitrogens with one attached hydrogen (secondary N) is 2. The minimum atomic E-state index is -3.30. The highest BCUT2D eigenvalue weighted by Gasteiger charge is 2.25. The number of aliphatic imine (C=N–C) groups is 1. The van der Waals surface area contributed by atoms with E-state index >= 15 is 0 Å². The van der Waals surface area contributed by atoms with Gasteiger partial charge in [-0.1, -0.05) is 13.8 Å². The summed E-state index contributed by atoms with van der Waals surface area (Å²) in [5, 5.41) is 6.25. The molecule has 1 atom stereocenters. The average Bonchev–Trinajstić information content (AvgIpc) is 3.09. The Kier molecular flexibility index (Phi) is 7.99. The fraction of sp³-hybridized carbons (Fsp3) is 0.611. The molecule has 1 aromatic rings. The third kappa shape index (κ3) is 5.78. The summed E-state index contributed by atoms with van der Waals surface area (Å²) < 4.78 is 52.9. The number of sulfonamides is 1. The minimum Gasteiger partial charge on any atom is -0.367 e. The topological polar surface area (TPSA) is 77.0 Å². The van der Waals surface area contributed by atoms with Gasteiger partial charge < -0.3 is 15.5 Å². The monoisotopic (exact) mass is 417 g/mol. The highest BCUT2D eigenvalue weighted by Crippen LogP contribution is 2.24.